The predicted molar refractivity (Wildman–Crippen MR) is 61.4 cm³/mol. The average molecular weight is 240 g/mol. The Morgan fingerprint density at radius 3 is 2.50 bits per heavy atom. The molecule has 1 amide bonds. The van der Waals surface area contributed by atoms with Crippen LogP contribution < -0.4 is 10.0 Å². The SMILES string of the molecule is C=CC(=O)N(C)c1ccccc1S(N)(=O)=O. The second kappa shape index (κ2) is 4.46. The molecule has 0 bridgehead atoms. The Labute approximate surface area is 94.2 Å². The van der Waals surface area contributed by atoms with Crippen molar-refractivity contribution >= 4 is 21.6 Å². The molecular weight excluding hydrogens is 228 g/mol. The third-order valence-electron chi connectivity index (χ3n) is 2.04. The molecule has 0 radical (unpaired) electrons. The molecule has 1 aromatic carbocycles. The molecule has 0 aliphatic carbocycles. The number of hydrogen-bond donors (Lipinski definition) is 1. The van der Waals surface area contributed by atoms with Crippen molar-refractivity contribution in [3.8, 4) is 0 Å². The summed E-state index contributed by atoms with van der Waals surface area (Å²) in [6.45, 7) is 3.33. The summed E-state index contributed by atoms with van der Waals surface area (Å²) in [6.07, 6.45) is 1.10. The van der Waals surface area contributed by atoms with Crippen molar-refractivity contribution in [2.75, 3.05) is 11.9 Å². The van der Waals surface area contributed by atoms with E-state index in [0.29, 0.717) is 0 Å². The van der Waals surface area contributed by atoms with Crippen LogP contribution in [0.25, 0.3) is 0 Å². The molecule has 6 heteroatoms. The molecule has 2 N–H and O–H groups in total. The van der Waals surface area contributed by atoms with Gasteiger partial charge in [0.15, 0.2) is 0 Å². The number of carbonyl (C=O) groups excluding carboxylic acids is 1. The maximum absolute atomic E-state index is 11.4. The molecule has 0 aromatic heterocycles. The van der Waals surface area contributed by atoms with Gasteiger partial charge in [0.05, 0.1) is 5.69 Å². The smallest absolute Gasteiger partial charge is 0.250 e. The lowest BCUT2D eigenvalue weighted by molar-refractivity contribution is -0.113. The average Bonchev–Trinajstić information content (AvgIpc) is 2.26. The predicted octanol–water partition coefficient (Wildman–Crippen LogP) is 0.483. The lowest BCUT2D eigenvalue weighted by atomic mass is 10.3. The van der Waals surface area contributed by atoms with Gasteiger partial charge in [0.1, 0.15) is 4.90 Å². The summed E-state index contributed by atoms with van der Waals surface area (Å²) in [5.41, 5.74) is 0.231. The summed E-state index contributed by atoms with van der Waals surface area (Å²) < 4.78 is 22.6. The number of benzene rings is 1. The summed E-state index contributed by atoms with van der Waals surface area (Å²) in [5, 5.41) is 5.05. The molecule has 86 valence electrons. The van der Waals surface area contributed by atoms with Gasteiger partial charge in [-0.15, -0.1) is 0 Å². The van der Waals surface area contributed by atoms with Gasteiger partial charge in [-0.3, -0.25) is 4.79 Å². The van der Waals surface area contributed by atoms with Gasteiger partial charge in [-0.05, 0) is 18.2 Å². The fourth-order valence-electron chi connectivity index (χ4n) is 1.23. The van der Waals surface area contributed by atoms with E-state index >= 15 is 0 Å². The third kappa shape index (κ3) is 2.47. The first kappa shape index (κ1) is 12.4. The van der Waals surface area contributed by atoms with Crippen molar-refractivity contribution in [2.24, 2.45) is 5.14 Å². The van der Waals surface area contributed by atoms with Gasteiger partial charge >= 0.3 is 0 Å². The van der Waals surface area contributed by atoms with Crippen LogP contribution in [0.4, 0.5) is 5.69 Å². The summed E-state index contributed by atoms with van der Waals surface area (Å²) >= 11 is 0. The molecule has 1 rings (SSSR count). The second-order valence-electron chi connectivity index (χ2n) is 3.11. The van der Waals surface area contributed by atoms with Crippen LogP contribution in [0.15, 0.2) is 41.8 Å². The van der Waals surface area contributed by atoms with Gasteiger partial charge in [-0.2, -0.15) is 0 Å². The van der Waals surface area contributed by atoms with Crippen molar-refractivity contribution in [1.82, 2.24) is 0 Å². The number of para-hydroxylation sites is 1. The summed E-state index contributed by atoms with van der Waals surface area (Å²) in [4.78, 5) is 12.4. The Kier molecular flexibility index (Phi) is 3.46. The topological polar surface area (TPSA) is 80.5 Å². The second-order valence-corrected chi connectivity index (χ2v) is 4.64. The van der Waals surface area contributed by atoms with E-state index < -0.39 is 15.9 Å². The first-order valence-corrected chi connectivity index (χ1v) is 5.94. The number of hydrogen-bond acceptors (Lipinski definition) is 3. The lowest BCUT2D eigenvalue weighted by Gasteiger charge is -2.17. The Morgan fingerprint density at radius 1 is 1.44 bits per heavy atom. The quantitative estimate of drug-likeness (QED) is 0.780. The minimum absolute atomic E-state index is 0.0901. The zero-order chi connectivity index (χ0) is 12.3. The molecule has 0 atom stereocenters. The number of amides is 1. The molecule has 0 fully saturated rings. The van der Waals surface area contributed by atoms with E-state index in [1.54, 1.807) is 6.07 Å². The first-order chi connectivity index (χ1) is 7.38. The normalized spacial score (nSPS) is 10.9. The molecular formula is C10H12N2O3S. The number of nitrogens with two attached hydrogens (primary N) is 1. The first-order valence-electron chi connectivity index (χ1n) is 4.40. The van der Waals surface area contributed by atoms with Gasteiger partial charge in [0.25, 0.3) is 0 Å². The molecule has 1 aromatic rings. The van der Waals surface area contributed by atoms with Crippen molar-refractivity contribution < 1.29 is 13.2 Å². The van der Waals surface area contributed by atoms with Crippen LogP contribution in [0.1, 0.15) is 0 Å². The zero-order valence-electron chi connectivity index (χ0n) is 8.75. The van der Waals surface area contributed by atoms with Crippen LogP contribution in [-0.4, -0.2) is 21.4 Å². The molecule has 5 nitrogen and oxygen atoms in total. The fourth-order valence-corrected chi connectivity index (χ4v) is 2.00. The summed E-state index contributed by atoms with van der Waals surface area (Å²) in [5.74, 6) is -0.406. The van der Waals surface area contributed by atoms with Crippen LogP contribution in [0.5, 0.6) is 0 Å². The van der Waals surface area contributed by atoms with Crippen molar-refractivity contribution in [1.29, 1.82) is 0 Å². The highest BCUT2D eigenvalue weighted by molar-refractivity contribution is 7.89. The molecule has 16 heavy (non-hydrogen) atoms. The van der Waals surface area contributed by atoms with Gasteiger partial charge < -0.3 is 4.90 Å². The van der Waals surface area contributed by atoms with E-state index in [1.807, 2.05) is 0 Å². The Morgan fingerprint density at radius 2 is 2.00 bits per heavy atom. The monoisotopic (exact) mass is 240 g/mol. The molecule has 0 unspecified atom stereocenters. The third-order valence-corrected chi connectivity index (χ3v) is 3.00. The number of carbonyl (C=O) groups is 1. The van der Waals surface area contributed by atoms with Crippen LogP contribution in [-0.2, 0) is 14.8 Å². The Bertz CT molecular complexity index is 523. The maximum Gasteiger partial charge on any atom is 0.250 e. The van der Waals surface area contributed by atoms with E-state index in [0.717, 1.165) is 6.08 Å². The van der Waals surface area contributed by atoms with Crippen LogP contribution >= 0.6 is 0 Å². The standard InChI is InChI=1S/C10H12N2O3S/c1-3-10(13)12(2)8-6-4-5-7-9(8)16(11,14)15/h3-7H,1H2,2H3,(H2,11,14,15). The number of likely N-dealkylation sites (N-methyl/N-ethyl adjacent to an activating group) is 1. The number of nitrogens with zero attached hydrogens (tertiary/aromatic N) is 1. The lowest BCUT2D eigenvalue weighted by Crippen LogP contribution is -2.26. The minimum atomic E-state index is -3.85. The van der Waals surface area contributed by atoms with E-state index in [2.05, 4.69) is 6.58 Å². The molecule has 0 aliphatic rings. The van der Waals surface area contributed by atoms with Crippen molar-refractivity contribution in [3.63, 3.8) is 0 Å². The van der Waals surface area contributed by atoms with Crippen molar-refractivity contribution in [3.05, 3.63) is 36.9 Å². The van der Waals surface area contributed by atoms with Crippen molar-refractivity contribution in [2.45, 2.75) is 4.90 Å². The van der Waals surface area contributed by atoms with Gasteiger partial charge in [-0.1, -0.05) is 18.7 Å². The highest BCUT2D eigenvalue weighted by Gasteiger charge is 2.18. The van der Waals surface area contributed by atoms with Crippen LogP contribution in [0.3, 0.4) is 0 Å². The summed E-state index contributed by atoms with van der Waals surface area (Å²) in [7, 11) is -2.40. The van der Waals surface area contributed by atoms with Gasteiger partial charge in [0, 0.05) is 7.05 Å². The van der Waals surface area contributed by atoms with E-state index in [4.69, 9.17) is 5.14 Å². The molecule has 0 heterocycles. The maximum atomic E-state index is 11.4. The number of rotatable bonds is 3. The zero-order valence-corrected chi connectivity index (χ0v) is 9.57. The largest absolute Gasteiger partial charge is 0.311 e. The molecule has 0 saturated heterocycles. The summed E-state index contributed by atoms with van der Waals surface area (Å²) in [6, 6.07) is 6.00. The Hall–Kier alpha value is -1.66. The van der Waals surface area contributed by atoms with E-state index in [1.165, 1.54) is 30.1 Å². The Balaban J connectivity index is 3.35. The minimum Gasteiger partial charge on any atom is -0.311 e. The van der Waals surface area contributed by atoms with Crippen LogP contribution in [0.2, 0.25) is 0 Å². The highest BCUT2D eigenvalue weighted by Crippen LogP contribution is 2.22. The number of primary sulfonamides is 1. The van der Waals surface area contributed by atoms with E-state index in [9.17, 15) is 13.2 Å². The number of anilines is 1. The molecule has 0 spiro atoms. The van der Waals surface area contributed by atoms with Crippen LogP contribution in [0, 0.1) is 0 Å². The number of sulfonamides is 1. The molecule has 0 saturated carbocycles. The highest BCUT2D eigenvalue weighted by atomic mass is 32.2. The van der Waals surface area contributed by atoms with E-state index in [-0.39, 0.29) is 10.6 Å². The van der Waals surface area contributed by atoms with Gasteiger partial charge in [-0.25, -0.2) is 13.6 Å². The fraction of sp³-hybridized carbons (Fsp3) is 0.100. The van der Waals surface area contributed by atoms with Gasteiger partial charge in [0.2, 0.25) is 15.9 Å². The molecule has 0 aliphatic heterocycles.